The van der Waals surface area contributed by atoms with E-state index in [-0.39, 0.29) is 0 Å². The van der Waals surface area contributed by atoms with Crippen LogP contribution >= 0.6 is 0 Å². The maximum atomic E-state index is 5.40. The summed E-state index contributed by atoms with van der Waals surface area (Å²) < 4.78 is 5.40. The third kappa shape index (κ3) is 2.70. The van der Waals surface area contributed by atoms with E-state index in [1.54, 1.807) is 0 Å². The minimum Gasteiger partial charge on any atom is -0.381 e. The van der Waals surface area contributed by atoms with Gasteiger partial charge in [0.2, 0.25) is 0 Å². The Kier molecular flexibility index (Phi) is 3.44. The number of hydrogen-bond donors (Lipinski definition) is 1. The van der Waals surface area contributed by atoms with Crippen LogP contribution in [0.15, 0.2) is 24.3 Å². The molecule has 2 nitrogen and oxygen atoms in total. The second kappa shape index (κ2) is 5.19. The molecule has 0 bridgehead atoms. The summed E-state index contributed by atoms with van der Waals surface area (Å²) in [6, 6.07) is 9.49. The monoisotopic (exact) mass is 231 g/mol. The van der Waals surface area contributed by atoms with Crippen molar-refractivity contribution in [3.63, 3.8) is 0 Å². The molecule has 1 unspecified atom stereocenters. The molecule has 1 aliphatic carbocycles. The molecule has 17 heavy (non-hydrogen) atoms. The Morgan fingerprint density at radius 2 is 1.94 bits per heavy atom. The van der Waals surface area contributed by atoms with Gasteiger partial charge in [-0.2, -0.15) is 0 Å². The van der Waals surface area contributed by atoms with Crippen molar-refractivity contribution in [3.8, 4) is 0 Å². The van der Waals surface area contributed by atoms with Crippen LogP contribution in [0.2, 0.25) is 0 Å². The fourth-order valence-electron chi connectivity index (χ4n) is 3.01. The van der Waals surface area contributed by atoms with Gasteiger partial charge >= 0.3 is 0 Å². The molecular formula is C15H21NO. The molecule has 2 aliphatic rings. The van der Waals surface area contributed by atoms with Gasteiger partial charge in [-0.25, -0.2) is 0 Å². The van der Waals surface area contributed by atoms with Crippen molar-refractivity contribution in [2.45, 2.75) is 31.7 Å². The van der Waals surface area contributed by atoms with Crippen LogP contribution in [0.1, 0.15) is 24.0 Å². The number of hydrogen-bond acceptors (Lipinski definition) is 2. The van der Waals surface area contributed by atoms with Crippen LogP contribution in [-0.2, 0) is 17.6 Å². The molecule has 2 heteroatoms. The highest BCUT2D eigenvalue weighted by Crippen LogP contribution is 2.22. The standard InChI is InChI=1S/C15H21NO/c1-2-4-14-10-15(9-13(14)3-1)16-7-5-12-6-8-17-11-12/h1-4,12,15-16H,5-11H2. The second-order valence-corrected chi connectivity index (χ2v) is 5.35. The van der Waals surface area contributed by atoms with E-state index in [2.05, 4.69) is 29.6 Å². The Morgan fingerprint density at radius 3 is 2.59 bits per heavy atom. The molecule has 1 saturated heterocycles. The van der Waals surface area contributed by atoms with Gasteiger partial charge in [0.15, 0.2) is 0 Å². The van der Waals surface area contributed by atoms with Gasteiger partial charge < -0.3 is 10.1 Å². The zero-order valence-corrected chi connectivity index (χ0v) is 10.3. The van der Waals surface area contributed by atoms with Gasteiger partial charge in [0.25, 0.3) is 0 Å². The quantitative estimate of drug-likeness (QED) is 0.857. The Bertz CT molecular complexity index is 346. The average molecular weight is 231 g/mol. The summed E-state index contributed by atoms with van der Waals surface area (Å²) in [6.45, 7) is 3.10. The molecule has 0 amide bonds. The Morgan fingerprint density at radius 1 is 1.18 bits per heavy atom. The first-order valence-electron chi connectivity index (χ1n) is 6.80. The normalized spacial score (nSPS) is 24.1. The number of benzene rings is 1. The molecule has 3 rings (SSSR count). The maximum absolute atomic E-state index is 5.40. The van der Waals surface area contributed by atoms with Crippen LogP contribution in [0.25, 0.3) is 0 Å². The van der Waals surface area contributed by atoms with Crippen LogP contribution in [0.3, 0.4) is 0 Å². The second-order valence-electron chi connectivity index (χ2n) is 5.35. The van der Waals surface area contributed by atoms with E-state index in [1.807, 2.05) is 0 Å². The largest absolute Gasteiger partial charge is 0.381 e. The van der Waals surface area contributed by atoms with Gasteiger partial charge in [0.1, 0.15) is 0 Å². The van der Waals surface area contributed by atoms with E-state index < -0.39 is 0 Å². The van der Waals surface area contributed by atoms with E-state index in [1.165, 1.54) is 36.8 Å². The summed E-state index contributed by atoms with van der Waals surface area (Å²) in [5.74, 6) is 0.797. The van der Waals surface area contributed by atoms with Crippen LogP contribution in [0.5, 0.6) is 0 Å². The van der Waals surface area contributed by atoms with Crippen molar-refractivity contribution in [2.75, 3.05) is 19.8 Å². The predicted octanol–water partition coefficient (Wildman–Crippen LogP) is 2.17. The highest BCUT2D eigenvalue weighted by atomic mass is 16.5. The third-order valence-corrected chi connectivity index (χ3v) is 4.06. The summed E-state index contributed by atoms with van der Waals surface area (Å²) in [5.41, 5.74) is 3.07. The van der Waals surface area contributed by atoms with E-state index >= 15 is 0 Å². The fourth-order valence-corrected chi connectivity index (χ4v) is 3.01. The zero-order chi connectivity index (χ0) is 11.5. The fraction of sp³-hybridized carbons (Fsp3) is 0.600. The lowest BCUT2D eigenvalue weighted by atomic mass is 10.1. The smallest absolute Gasteiger partial charge is 0.0495 e. The van der Waals surface area contributed by atoms with Crippen LogP contribution < -0.4 is 5.32 Å². The Labute approximate surface area is 103 Å². The van der Waals surface area contributed by atoms with E-state index in [0.717, 1.165) is 25.7 Å². The lowest BCUT2D eigenvalue weighted by Gasteiger charge is -2.13. The highest BCUT2D eigenvalue weighted by Gasteiger charge is 2.21. The topological polar surface area (TPSA) is 21.3 Å². The van der Waals surface area contributed by atoms with Gasteiger partial charge in [-0.3, -0.25) is 0 Å². The highest BCUT2D eigenvalue weighted by molar-refractivity contribution is 5.33. The first-order chi connectivity index (χ1) is 8.42. The first-order valence-corrected chi connectivity index (χ1v) is 6.80. The average Bonchev–Trinajstić information content (AvgIpc) is 2.96. The van der Waals surface area contributed by atoms with Crippen molar-refractivity contribution in [2.24, 2.45) is 5.92 Å². The molecule has 1 atom stereocenters. The third-order valence-electron chi connectivity index (χ3n) is 4.06. The minimum atomic E-state index is 0.662. The minimum absolute atomic E-state index is 0.662. The maximum Gasteiger partial charge on any atom is 0.0495 e. The Hall–Kier alpha value is -0.860. The molecule has 1 N–H and O–H groups in total. The summed E-state index contributed by atoms with van der Waals surface area (Å²) in [6.07, 6.45) is 4.94. The van der Waals surface area contributed by atoms with Crippen molar-refractivity contribution in [1.29, 1.82) is 0 Å². The van der Waals surface area contributed by atoms with E-state index in [9.17, 15) is 0 Å². The first kappa shape index (κ1) is 11.2. The van der Waals surface area contributed by atoms with Gasteiger partial charge in [0, 0.05) is 19.3 Å². The zero-order valence-electron chi connectivity index (χ0n) is 10.3. The molecule has 0 radical (unpaired) electrons. The van der Waals surface area contributed by atoms with Gasteiger partial charge in [0.05, 0.1) is 0 Å². The van der Waals surface area contributed by atoms with Crippen molar-refractivity contribution in [1.82, 2.24) is 5.32 Å². The van der Waals surface area contributed by atoms with Gasteiger partial charge in [-0.15, -0.1) is 0 Å². The molecule has 92 valence electrons. The number of nitrogens with one attached hydrogen (secondary N) is 1. The summed E-state index contributed by atoms with van der Waals surface area (Å²) in [7, 11) is 0. The van der Waals surface area contributed by atoms with Crippen molar-refractivity contribution < 1.29 is 4.74 Å². The molecule has 1 aromatic carbocycles. The molecular weight excluding hydrogens is 210 g/mol. The molecule has 1 fully saturated rings. The molecule has 0 spiro atoms. The molecule has 0 aromatic heterocycles. The number of fused-ring (bicyclic) bond motifs is 1. The lowest BCUT2D eigenvalue weighted by molar-refractivity contribution is 0.184. The molecule has 1 aromatic rings. The summed E-state index contributed by atoms with van der Waals surface area (Å²) >= 11 is 0. The lowest BCUT2D eigenvalue weighted by Crippen LogP contribution is -2.31. The van der Waals surface area contributed by atoms with E-state index in [0.29, 0.717) is 6.04 Å². The molecule has 1 aliphatic heterocycles. The van der Waals surface area contributed by atoms with Gasteiger partial charge in [-0.1, -0.05) is 24.3 Å². The van der Waals surface area contributed by atoms with Crippen LogP contribution in [0.4, 0.5) is 0 Å². The SMILES string of the molecule is c1ccc2c(c1)CC(NCCC1CCOC1)C2. The summed E-state index contributed by atoms with van der Waals surface area (Å²) in [5, 5.41) is 3.70. The Balaban J connectivity index is 1.43. The van der Waals surface area contributed by atoms with Gasteiger partial charge in [-0.05, 0) is 49.3 Å². The van der Waals surface area contributed by atoms with Crippen LogP contribution in [0, 0.1) is 5.92 Å². The molecule has 1 heterocycles. The number of ether oxygens (including phenoxy) is 1. The molecule has 0 saturated carbocycles. The van der Waals surface area contributed by atoms with Crippen LogP contribution in [-0.4, -0.2) is 25.8 Å². The number of rotatable bonds is 4. The predicted molar refractivity (Wildman–Crippen MR) is 69.2 cm³/mol. The van der Waals surface area contributed by atoms with Crippen molar-refractivity contribution in [3.05, 3.63) is 35.4 Å². The van der Waals surface area contributed by atoms with Crippen molar-refractivity contribution >= 4 is 0 Å². The van der Waals surface area contributed by atoms with E-state index in [4.69, 9.17) is 4.74 Å². The summed E-state index contributed by atoms with van der Waals surface area (Å²) in [4.78, 5) is 0.